The van der Waals surface area contributed by atoms with E-state index in [1.54, 1.807) is 7.11 Å². The molecule has 0 aromatic rings. The van der Waals surface area contributed by atoms with Crippen molar-refractivity contribution in [3.63, 3.8) is 0 Å². The molecule has 0 aliphatic carbocycles. The third-order valence-electron chi connectivity index (χ3n) is 4.27. The van der Waals surface area contributed by atoms with Gasteiger partial charge in [-0.15, -0.1) is 0 Å². The number of ether oxygens (including phenoxy) is 2. The van der Waals surface area contributed by atoms with E-state index in [1.165, 1.54) is 32.2 Å². The van der Waals surface area contributed by atoms with Gasteiger partial charge in [-0.1, -0.05) is 0 Å². The molecule has 112 valence electrons. The average Bonchev–Trinajstić information content (AvgIpc) is 2.96. The average molecular weight is 270 g/mol. The number of rotatable bonds is 7. The van der Waals surface area contributed by atoms with Crippen molar-refractivity contribution in [2.24, 2.45) is 0 Å². The molecule has 0 bridgehead atoms. The standard InChI is InChI=1S/C15H30N2O2/c1-15(2)7-6-14(19-15)12-17(9-10-18-3)11-13-5-4-8-16-13/h13-14,16H,4-12H2,1-3H3. The fourth-order valence-electron chi connectivity index (χ4n) is 3.20. The predicted molar refractivity (Wildman–Crippen MR) is 77.5 cm³/mol. The highest BCUT2D eigenvalue weighted by atomic mass is 16.5. The minimum atomic E-state index is 0.0726. The van der Waals surface area contributed by atoms with E-state index in [2.05, 4.69) is 24.1 Å². The number of nitrogens with one attached hydrogen (secondary N) is 1. The van der Waals surface area contributed by atoms with E-state index in [4.69, 9.17) is 9.47 Å². The largest absolute Gasteiger partial charge is 0.383 e. The molecule has 2 heterocycles. The highest BCUT2D eigenvalue weighted by Gasteiger charge is 2.32. The van der Waals surface area contributed by atoms with Crippen LogP contribution in [0.3, 0.4) is 0 Å². The van der Waals surface area contributed by atoms with Crippen molar-refractivity contribution in [2.45, 2.75) is 57.3 Å². The molecule has 4 nitrogen and oxygen atoms in total. The quantitative estimate of drug-likeness (QED) is 0.762. The lowest BCUT2D eigenvalue weighted by atomic mass is 10.1. The van der Waals surface area contributed by atoms with Gasteiger partial charge in [0.1, 0.15) is 0 Å². The molecule has 0 saturated carbocycles. The van der Waals surface area contributed by atoms with Crippen molar-refractivity contribution in [1.29, 1.82) is 0 Å². The van der Waals surface area contributed by atoms with Crippen LogP contribution in [0.1, 0.15) is 39.5 Å². The highest BCUT2D eigenvalue weighted by Crippen LogP contribution is 2.29. The molecule has 0 aromatic heterocycles. The summed E-state index contributed by atoms with van der Waals surface area (Å²) in [5, 5.41) is 3.58. The fourth-order valence-corrected chi connectivity index (χ4v) is 3.20. The molecule has 0 radical (unpaired) electrons. The molecule has 0 aromatic carbocycles. The summed E-state index contributed by atoms with van der Waals surface area (Å²) in [7, 11) is 1.78. The van der Waals surface area contributed by atoms with Crippen molar-refractivity contribution in [1.82, 2.24) is 10.2 Å². The molecule has 2 rings (SSSR count). The lowest BCUT2D eigenvalue weighted by Crippen LogP contribution is -2.43. The van der Waals surface area contributed by atoms with Crippen LogP contribution in [-0.4, -0.2) is 62.5 Å². The molecule has 2 saturated heterocycles. The minimum absolute atomic E-state index is 0.0726. The second-order valence-electron chi connectivity index (χ2n) is 6.58. The molecular weight excluding hydrogens is 240 g/mol. The van der Waals surface area contributed by atoms with Crippen LogP contribution in [-0.2, 0) is 9.47 Å². The maximum Gasteiger partial charge on any atom is 0.0710 e. The first-order valence-electron chi connectivity index (χ1n) is 7.71. The number of hydrogen-bond donors (Lipinski definition) is 1. The number of hydrogen-bond acceptors (Lipinski definition) is 4. The Morgan fingerprint density at radius 3 is 2.74 bits per heavy atom. The Morgan fingerprint density at radius 1 is 1.32 bits per heavy atom. The van der Waals surface area contributed by atoms with Crippen LogP contribution in [0.2, 0.25) is 0 Å². The maximum absolute atomic E-state index is 6.12. The van der Waals surface area contributed by atoms with E-state index in [9.17, 15) is 0 Å². The first-order valence-corrected chi connectivity index (χ1v) is 7.71. The van der Waals surface area contributed by atoms with Gasteiger partial charge in [0.25, 0.3) is 0 Å². The fraction of sp³-hybridized carbons (Fsp3) is 1.00. The minimum Gasteiger partial charge on any atom is -0.383 e. The van der Waals surface area contributed by atoms with Gasteiger partial charge in [-0.3, -0.25) is 4.90 Å². The summed E-state index contributed by atoms with van der Waals surface area (Å²) < 4.78 is 11.4. The summed E-state index contributed by atoms with van der Waals surface area (Å²) in [6, 6.07) is 0.659. The smallest absolute Gasteiger partial charge is 0.0710 e. The Labute approximate surface area is 117 Å². The summed E-state index contributed by atoms with van der Waals surface area (Å²) >= 11 is 0. The van der Waals surface area contributed by atoms with E-state index < -0.39 is 0 Å². The lowest BCUT2D eigenvalue weighted by molar-refractivity contribution is -0.0313. The SMILES string of the molecule is COCCN(CC1CCCN1)CC1CCC(C)(C)O1. The van der Waals surface area contributed by atoms with Crippen LogP contribution in [0.15, 0.2) is 0 Å². The van der Waals surface area contributed by atoms with Gasteiger partial charge in [0.05, 0.1) is 18.3 Å². The van der Waals surface area contributed by atoms with Gasteiger partial charge >= 0.3 is 0 Å². The Balaban J connectivity index is 1.79. The van der Waals surface area contributed by atoms with E-state index >= 15 is 0 Å². The van der Waals surface area contributed by atoms with Crippen molar-refractivity contribution < 1.29 is 9.47 Å². The van der Waals surface area contributed by atoms with Gasteiger partial charge in [-0.2, -0.15) is 0 Å². The molecule has 0 amide bonds. The van der Waals surface area contributed by atoms with Crippen LogP contribution in [0.4, 0.5) is 0 Å². The molecule has 2 unspecified atom stereocenters. The van der Waals surface area contributed by atoms with Crippen LogP contribution in [0.5, 0.6) is 0 Å². The van der Waals surface area contributed by atoms with Crippen molar-refractivity contribution in [2.75, 3.05) is 39.9 Å². The zero-order valence-electron chi connectivity index (χ0n) is 12.8. The van der Waals surface area contributed by atoms with E-state index in [0.29, 0.717) is 12.1 Å². The molecule has 4 heteroatoms. The zero-order valence-corrected chi connectivity index (χ0v) is 12.8. The van der Waals surface area contributed by atoms with Gasteiger partial charge < -0.3 is 14.8 Å². The first kappa shape index (κ1) is 15.2. The summed E-state index contributed by atoms with van der Waals surface area (Å²) in [5.74, 6) is 0. The molecule has 0 spiro atoms. The Kier molecular flexibility index (Phi) is 5.63. The van der Waals surface area contributed by atoms with E-state index in [0.717, 1.165) is 26.2 Å². The van der Waals surface area contributed by atoms with Crippen molar-refractivity contribution >= 4 is 0 Å². The Bertz CT molecular complexity index is 265. The molecule has 19 heavy (non-hydrogen) atoms. The van der Waals surface area contributed by atoms with Gasteiger partial charge in [-0.25, -0.2) is 0 Å². The highest BCUT2D eigenvalue weighted by molar-refractivity contribution is 4.84. The molecule has 2 aliphatic heterocycles. The second-order valence-corrected chi connectivity index (χ2v) is 6.58. The summed E-state index contributed by atoms with van der Waals surface area (Å²) in [4.78, 5) is 2.51. The Morgan fingerprint density at radius 2 is 2.16 bits per heavy atom. The lowest BCUT2D eigenvalue weighted by Gasteiger charge is -2.29. The number of methoxy groups -OCH3 is 1. The van der Waals surface area contributed by atoms with Crippen LogP contribution in [0.25, 0.3) is 0 Å². The summed E-state index contributed by atoms with van der Waals surface area (Å²) in [6.45, 7) is 9.57. The Hall–Kier alpha value is -0.160. The molecule has 1 N–H and O–H groups in total. The topological polar surface area (TPSA) is 33.7 Å². The first-order chi connectivity index (χ1) is 9.09. The molecule has 2 fully saturated rings. The number of nitrogens with zero attached hydrogens (tertiary/aromatic N) is 1. The van der Waals surface area contributed by atoms with Crippen LogP contribution in [0, 0.1) is 0 Å². The van der Waals surface area contributed by atoms with Gasteiger partial charge in [0, 0.05) is 32.8 Å². The van der Waals surface area contributed by atoms with Crippen molar-refractivity contribution in [3.8, 4) is 0 Å². The molecule has 2 atom stereocenters. The summed E-state index contributed by atoms with van der Waals surface area (Å²) in [6.07, 6.45) is 5.38. The van der Waals surface area contributed by atoms with Gasteiger partial charge in [0.2, 0.25) is 0 Å². The van der Waals surface area contributed by atoms with Crippen molar-refractivity contribution in [3.05, 3.63) is 0 Å². The van der Waals surface area contributed by atoms with E-state index in [-0.39, 0.29) is 5.60 Å². The monoisotopic (exact) mass is 270 g/mol. The van der Waals surface area contributed by atoms with Gasteiger partial charge in [0.15, 0.2) is 0 Å². The van der Waals surface area contributed by atoms with E-state index in [1.807, 2.05) is 0 Å². The molecule has 2 aliphatic rings. The predicted octanol–water partition coefficient (Wildman–Crippen LogP) is 1.64. The normalized spacial score (nSPS) is 30.3. The third-order valence-corrected chi connectivity index (χ3v) is 4.27. The van der Waals surface area contributed by atoms with Crippen LogP contribution < -0.4 is 5.32 Å². The maximum atomic E-state index is 6.12. The van der Waals surface area contributed by atoms with Gasteiger partial charge in [-0.05, 0) is 46.1 Å². The zero-order chi connectivity index (χ0) is 13.7. The third kappa shape index (κ3) is 5.03. The second kappa shape index (κ2) is 7.02. The van der Waals surface area contributed by atoms with Crippen LogP contribution >= 0.6 is 0 Å². The molecular formula is C15H30N2O2. The summed E-state index contributed by atoms with van der Waals surface area (Å²) in [5.41, 5.74) is 0.0726.